The summed E-state index contributed by atoms with van der Waals surface area (Å²) in [5.41, 5.74) is 7.94. The maximum absolute atomic E-state index is 12.8. The van der Waals surface area contributed by atoms with Crippen molar-refractivity contribution >= 4 is 5.91 Å². The molecule has 2 aromatic rings. The Hall–Kier alpha value is -2.62. The molecule has 0 unspecified atom stereocenters. The molecule has 21 heavy (non-hydrogen) atoms. The number of allylic oxidation sites excluding steroid dienone is 2. The van der Waals surface area contributed by atoms with Crippen LogP contribution in [0.1, 0.15) is 22.8 Å². The Morgan fingerprint density at radius 3 is 2.33 bits per heavy atom. The van der Waals surface area contributed by atoms with Crippen molar-refractivity contribution in [2.24, 2.45) is 0 Å². The van der Waals surface area contributed by atoms with Gasteiger partial charge in [0.05, 0.1) is 0 Å². The molecular weight excluding hydrogens is 267 g/mol. The molecule has 1 amide bonds. The molecule has 0 spiro atoms. The molecule has 2 rings (SSSR count). The minimum atomic E-state index is -0.363. The number of hydrazine groups is 1. The smallest absolute Gasteiger partial charge is 0.269 e. The molecule has 0 bridgehead atoms. The second-order valence-electron chi connectivity index (χ2n) is 4.56. The first-order chi connectivity index (χ1) is 10.2. The largest absolute Gasteiger partial charge is 0.302 e. The molecule has 108 valence electrons. The summed E-state index contributed by atoms with van der Waals surface area (Å²) >= 11 is 0. The molecule has 0 aromatic heterocycles. The average molecular weight is 284 g/mol. The van der Waals surface area contributed by atoms with Crippen LogP contribution in [0.4, 0.5) is 4.39 Å². The van der Waals surface area contributed by atoms with Crippen molar-refractivity contribution in [1.82, 2.24) is 10.9 Å². The molecule has 0 aliphatic rings. The first-order valence-corrected chi connectivity index (χ1v) is 6.70. The molecule has 4 heteroatoms. The monoisotopic (exact) mass is 284 g/mol. The molecule has 0 fully saturated rings. The van der Waals surface area contributed by atoms with E-state index >= 15 is 0 Å². The maximum atomic E-state index is 12.8. The average Bonchev–Trinajstić information content (AvgIpc) is 2.52. The van der Waals surface area contributed by atoms with Gasteiger partial charge in [-0.05, 0) is 36.8 Å². The van der Waals surface area contributed by atoms with Gasteiger partial charge in [0.25, 0.3) is 5.91 Å². The zero-order chi connectivity index (χ0) is 15.1. The summed E-state index contributed by atoms with van der Waals surface area (Å²) in [5, 5.41) is 0. The van der Waals surface area contributed by atoms with Gasteiger partial charge in [0.15, 0.2) is 0 Å². The van der Waals surface area contributed by atoms with Gasteiger partial charge in [-0.25, -0.2) is 4.39 Å². The van der Waals surface area contributed by atoms with Gasteiger partial charge < -0.3 is 5.43 Å². The number of benzene rings is 2. The van der Waals surface area contributed by atoms with Crippen LogP contribution >= 0.6 is 0 Å². The third-order valence-corrected chi connectivity index (χ3v) is 3.03. The molecule has 2 N–H and O–H groups in total. The number of carbonyl (C=O) groups excluding carboxylic acids is 1. The minimum Gasteiger partial charge on any atom is -0.302 e. The SMILES string of the molecule is CC=C(Cc1ccccc1)NNC(=O)c1ccc(F)cc1. The van der Waals surface area contributed by atoms with E-state index in [1.54, 1.807) is 0 Å². The lowest BCUT2D eigenvalue weighted by atomic mass is 10.1. The van der Waals surface area contributed by atoms with Gasteiger partial charge in [-0.3, -0.25) is 10.2 Å². The van der Waals surface area contributed by atoms with Crippen molar-refractivity contribution in [3.8, 4) is 0 Å². The third-order valence-electron chi connectivity index (χ3n) is 3.03. The highest BCUT2D eigenvalue weighted by Gasteiger charge is 2.05. The fourth-order valence-electron chi connectivity index (χ4n) is 1.84. The van der Waals surface area contributed by atoms with Gasteiger partial charge in [-0.1, -0.05) is 36.4 Å². The summed E-state index contributed by atoms with van der Waals surface area (Å²) < 4.78 is 12.8. The first kappa shape index (κ1) is 14.8. The predicted octanol–water partition coefficient (Wildman–Crippen LogP) is 3.21. The molecule has 0 saturated carbocycles. The van der Waals surface area contributed by atoms with Crippen LogP contribution in [0.2, 0.25) is 0 Å². The Kier molecular flexibility index (Phi) is 5.10. The summed E-state index contributed by atoms with van der Waals surface area (Å²) in [5.74, 6) is -0.667. The van der Waals surface area contributed by atoms with Crippen molar-refractivity contribution < 1.29 is 9.18 Å². The van der Waals surface area contributed by atoms with Crippen molar-refractivity contribution in [3.05, 3.63) is 83.3 Å². The predicted molar refractivity (Wildman–Crippen MR) is 80.9 cm³/mol. The number of hydrogen-bond acceptors (Lipinski definition) is 2. The second-order valence-corrected chi connectivity index (χ2v) is 4.56. The van der Waals surface area contributed by atoms with Crippen molar-refractivity contribution in [2.45, 2.75) is 13.3 Å². The van der Waals surface area contributed by atoms with E-state index in [1.165, 1.54) is 24.3 Å². The van der Waals surface area contributed by atoms with Gasteiger partial charge in [0.1, 0.15) is 5.82 Å². The van der Waals surface area contributed by atoms with E-state index in [2.05, 4.69) is 10.9 Å². The number of nitrogens with one attached hydrogen (secondary N) is 2. The van der Waals surface area contributed by atoms with Crippen LogP contribution in [-0.4, -0.2) is 5.91 Å². The van der Waals surface area contributed by atoms with Crippen LogP contribution in [0.15, 0.2) is 66.4 Å². The third kappa shape index (κ3) is 4.45. The molecule has 0 atom stereocenters. The van der Waals surface area contributed by atoms with Gasteiger partial charge in [-0.2, -0.15) is 0 Å². The lowest BCUT2D eigenvalue weighted by Gasteiger charge is -2.12. The van der Waals surface area contributed by atoms with Crippen molar-refractivity contribution in [1.29, 1.82) is 0 Å². The van der Waals surface area contributed by atoms with E-state index in [0.29, 0.717) is 12.0 Å². The Labute approximate surface area is 123 Å². The zero-order valence-corrected chi connectivity index (χ0v) is 11.8. The molecule has 0 aliphatic carbocycles. The molecule has 0 aliphatic heterocycles. The topological polar surface area (TPSA) is 41.1 Å². The summed E-state index contributed by atoms with van der Waals surface area (Å²) in [7, 11) is 0. The Balaban J connectivity index is 1.91. The van der Waals surface area contributed by atoms with E-state index in [4.69, 9.17) is 0 Å². The van der Waals surface area contributed by atoms with Crippen LogP contribution in [0, 0.1) is 5.82 Å². The first-order valence-electron chi connectivity index (χ1n) is 6.70. The zero-order valence-electron chi connectivity index (χ0n) is 11.8. The van der Waals surface area contributed by atoms with Crippen LogP contribution in [0.5, 0.6) is 0 Å². The lowest BCUT2D eigenvalue weighted by molar-refractivity contribution is 0.0938. The molecule has 0 heterocycles. The van der Waals surface area contributed by atoms with Crippen molar-refractivity contribution in [2.75, 3.05) is 0 Å². The summed E-state index contributed by atoms with van der Waals surface area (Å²) in [4.78, 5) is 11.9. The number of halogens is 1. The van der Waals surface area contributed by atoms with E-state index in [0.717, 1.165) is 11.3 Å². The van der Waals surface area contributed by atoms with Gasteiger partial charge in [-0.15, -0.1) is 0 Å². The molecule has 0 saturated heterocycles. The highest BCUT2D eigenvalue weighted by molar-refractivity contribution is 5.93. The second kappa shape index (κ2) is 7.24. The van der Waals surface area contributed by atoms with E-state index < -0.39 is 0 Å². The Morgan fingerprint density at radius 2 is 1.71 bits per heavy atom. The van der Waals surface area contributed by atoms with Crippen molar-refractivity contribution in [3.63, 3.8) is 0 Å². The number of amides is 1. The molecule has 3 nitrogen and oxygen atoms in total. The normalized spacial score (nSPS) is 11.0. The van der Waals surface area contributed by atoms with Crippen LogP contribution in [0.25, 0.3) is 0 Å². The van der Waals surface area contributed by atoms with Gasteiger partial charge in [0, 0.05) is 17.7 Å². The molecule has 2 aromatic carbocycles. The number of hydrogen-bond donors (Lipinski definition) is 2. The van der Waals surface area contributed by atoms with Crippen LogP contribution < -0.4 is 10.9 Å². The lowest BCUT2D eigenvalue weighted by Crippen LogP contribution is -2.37. The summed E-state index contributed by atoms with van der Waals surface area (Å²) in [6.45, 7) is 1.90. The molecular formula is C17H17FN2O. The number of carbonyl (C=O) groups is 1. The van der Waals surface area contributed by atoms with Crippen LogP contribution in [-0.2, 0) is 6.42 Å². The summed E-state index contributed by atoms with van der Waals surface area (Å²) in [6.07, 6.45) is 2.60. The molecule has 0 radical (unpaired) electrons. The summed E-state index contributed by atoms with van der Waals surface area (Å²) in [6, 6.07) is 15.4. The number of rotatable bonds is 5. The van der Waals surface area contributed by atoms with Gasteiger partial charge >= 0.3 is 0 Å². The van der Waals surface area contributed by atoms with E-state index in [-0.39, 0.29) is 11.7 Å². The van der Waals surface area contributed by atoms with E-state index in [9.17, 15) is 9.18 Å². The fraction of sp³-hybridized carbons (Fsp3) is 0.118. The quantitative estimate of drug-likeness (QED) is 0.828. The highest BCUT2D eigenvalue weighted by Crippen LogP contribution is 2.05. The Bertz CT molecular complexity index is 621. The van der Waals surface area contributed by atoms with Gasteiger partial charge in [0.2, 0.25) is 0 Å². The fourth-order valence-corrected chi connectivity index (χ4v) is 1.84. The highest BCUT2D eigenvalue weighted by atomic mass is 19.1. The van der Waals surface area contributed by atoms with E-state index in [1.807, 2.05) is 43.3 Å². The maximum Gasteiger partial charge on any atom is 0.269 e. The van der Waals surface area contributed by atoms with Crippen LogP contribution in [0.3, 0.4) is 0 Å². The minimum absolute atomic E-state index is 0.303. The Morgan fingerprint density at radius 1 is 1.05 bits per heavy atom. The standard InChI is InChI=1S/C17H17FN2O/c1-2-16(12-13-6-4-3-5-7-13)19-20-17(21)14-8-10-15(18)11-9-14/h2-11,19H,12H2,1H3,(H,20,21).